The third-order valence-corrected chi connectivity index (χ3v) is 12.9. The average Bonchev–Trinajstić information content (AvgIpc) is 3.97. The molecular weight excluding hydrogens is 685 g/mol. The van der Waals surface area contributed by atoms with Crippen LogP contribution in [0.1, 0.15) is 88.8 Å². The lowest BCUT2D eigenvalue weighted by Crippen LogP contribution is -2.34. The van der Waals surface area contributed by atoms with E-state index in [1.54, 1.807) is 36.9 Å². The molecule has 2 unspecified atom stereocenters. The van der Waals surface area contributed by atoms with E-state index in [-0.39, 0.29) is 11.8 Å². The first kappa shape index (κ1) is 37.6. The van der Waals surface area contributed by atoms with Gasteiger partial charge in [-0.25, -0.2) is 0 Å². The number of fused-ring (bicyclic) bond motifs is 1. The van der Waals surface area contributed by atoms with Gasteiger partial charge in [-0.15, -0.1) is 22.7 Å². The lowest BCUT2D eigenvalue weighted by Gasteiger charge is -2.29. The van der Waals surface area contributed by atoms with Crippen molar-refractivity contribution in [2.24, 2.45) is 11.8 Å². The van der Waals surface area contributed by atoms with E-state index >= 15 is 9.59 Å². The molecule has 4 heterocycles. The first-order chi connectivity index (χ1) is 25.3. The third-order valence-electron chi connectivity index (χ3n) is 10.6. The molecule has 6 rings (SSSR count). The Morgan fingerprint density at radius 3 is 1.23 bits per heavy atom. The quantitative estimate of drug-likeness (QED) is 0.102. The van der Waals surface area contributed by atoms with Gasteiger partial charge in [-0.1, -0.05) is 66.2 Å². The molecule has 2 atom stereocenters. The van der Waals surface area contributed by atoms with Gasteiger partial charge in [0.05, 0.1) is 46.5 Å². The van der Waals surface area contributed by atoms with Crippen molar-refractivity contribution in [1.29, 1.82) is 0 Å². The molecule has 4 aromatic rings. The van der Waals surface area contributed by atoms with Crippen LogP contribution in [0, 0.1) is 11.8 Å². The Bertz CT molecular complexity index is 1780. The summed E-state index contributed by atoms with van der Waals surface area (Å²) in [4.78, 5) is 38.0. The SMILES string of the molecule is CCCCC(CC)CN1C(=O)C2=C(c3ccc(-c4ccc(OC)cc4)s3)N(CC(CC)CCCC)C(=O)C2=C1c1ccc(-c2ccc(OC)cc2)s1. The predicted octanol–water partition coefficient (Wildman–Crippen LogP) is 11.4. The van der Waals surface area contributed by atoms with Crippen molar-refractivity contribution in [1.82, 2.24) is 9.80 Å². The van der Waals surface area contributed by atoms with Crippen LogP contribution in [0.3, 0.4) is 0 Å². The molecule has 2 amide bonds. The number of ether oxygens (including phenoxy) is 2. The Hall–Kier alpha value is -4.14. The molecule has 0 N–H and O–H groups in total. The van der Waals surface area contributed by atoms with Gasteiger partial charge in [0.25, 0.3) is 11.8 Å². The van der Waals surface area contributed by atoms with Crippen LogP contribution in [-0.2, 0) is 9.59 Å². The van der Waals surface area contributed by atoms with E-state index in [9.17, 15) is 0 Å². The molecule has 0 aliphatic carbocycles. The fourth-order valence-electron chi connectivity index (χ4n) is 7.36. The molecule has 2 aromatic heterocycles. The number of benzene rings is 2. The molecule has 2 aliphatic heterocycles. The van der Waals surface area contributed by atoms with E-state index in [4.69, 9.17) is 9.47 Å². The highest BCUT2D eigenvalue weighted by molar-refractivity contribution is 7.17. The van der Waals surface area contributed by atoms with Crippen LogP contribution in [-0.4, -0.2) is 48.9 Å². The molecule has 0 saturated carbocycles. The number of rotatable bonds is 18. The smallest absolute Gasteiger partial charge is 0.261 e. The monoisotopic (exact) mass is 736 g/mol. The standard InChI is InChI=1S/C44H52N2O4S2/c1-7-11-13-29(9-3)27-45-41(37-25-23-35(51-37)31-15-19-33(49-5)20-16-31)39-40(43(45)47)42(46(44(39)48)28-30(10-4)14-12-8-2)38-26-24-36(52-38)32-17-21-34(50-6)22-18-32/h15-26,29-30H,7-14,27-28H2,1-6H3. The number of amides is 2. The van der Waals surface area contributed by atoms with Crippen molar-refractivity contribution in [3.05, 3.63) is 93.7 Å². The lowest BCUT2D eigenvalue weighted by atomic mass is 9.98. The van der Waals surface area contributed by atoms with Gasteiger partial charge in [-0.3, -0.25) is 9.59 Å². The second kappa shape index (κ2) is 17.1. The maximum atomic E-state index is 15.0. The summed E-state index contributed by atoms with van der Waals surface area (Å²) in [5, 5.41) is 0. The van der Waals surface area contributed by atoms with Crippen LogP contribution in [0.4, 0.5) is 0 Å². The Labute approximate surface area is 317 Å². The van der Waals surface area contributed by atoms with Gasteiger partial charge in [0, 0.05) is 22.8 Å². The van der Waals surface area contributed by atoms with E-state index in [2.05, 4.69) is 76.2 Å². The van der Waals surface area contributed by atoms with Gasteiger partial charge in [-0.05, 0) is 109 Å². The molecule has 0 fully saturated rings. The number of carbonyl (C=O) groups is 2. The lowest BCUT2D eigenvalue weighted by molar-refractivity contribution is -0.124. The molecular formula is C44H52N2O4S2. The molecule has 0 spiro atoms. The van der Waals surface area contributed by atoms with Crippen molar-refractivity contribution >= 4 is 45.9 Å². The molecule has 0 bridgehead atoms. The van der Waals surface area contributed by atoms with Crippen LogP contribution in [0.15, 0.2) is 83.9 Å². The van der Waals surface area contributed by atoms with Crippen LogP contribution >= 0.6 is 22.7 Å². The number of carbonyl (C=O) groups excluding carboxylic acids is 2. The Morgan fingerprint density at radius 1 is 0.538 bits per heavy atom. The van der Waals surface area contributed by atoms with Crippen LogP contribution in [0.5, 0.6) is 11.5 Å². The summed E-state index contributed by atoms with van der Waals surface area (Å²) in [5.74, 6) is 2.20. The fourth-order valence-corrected chi connectivity index (χ4v) is 9.50. The maximum Gasteiger partial charge on any atom is 0.261 e. The maximum absolute atomic E-state index is 15.0. The summed E-state index contributed by atoms with van der Waals surface area (Å²) in [6, 6.07) is 24.6. The van der Waals surface area contributed by atoms with Gasteiger partial charge < -0.3 is 19.3 Å². The van der Waals surface area contributed by atoms with E-state index in [1.807, 2.05) is 34.1 Å². The molecule has 2 aromatic carbocycles. The van der Waals surface area contributed by atoms with E-state index in [0.717, 1.165) is 105 Å². The first-order valence-corrected chi connectivity index (χ1v) is 20.6. The van der Waals surface area contributed by atoms with Gasteiger partial charge in [-0.2, -0.15) is 0 Å². The number of unbranched alkanes of at least 4 members (excludes halogenated alkanes) is 2. The van der Waals surface area contributed by atoms with E-state index in [1.165, 1.54) is 0 Å². The molecule has 6 nitrogen and oxygen atoms in total. The number of hydrogen-bond donors (Lipinski definition) is 0. The Kier molecular flexibility index (Phi) is 12.4. The Morgan fingerprint density at radius 2 is 0.904 bits per heavy atom. The molecule has 52 heavy (non-hydrogen) atoms. The van der Waals surface area contributed by atoms with Gasteiger partial charge in [0.2, 0.25) is 0 Å². The summed E-state index contributed by atoms with van der Waals surface area (Å²) in [6.07, 6.45) is 8.53. The number of thiophene rings is 2. The van der Waals surface area contributed by atoms with Crippen molar-refractivity contribution in [2.75, 3.05) is 27.3 Å². The second-order valence-electron chi connectivity index (χ2n) is 13.9. The van der Waals surface area contributed by atoms with Crippen LogP contribution in [0.2, 0.25) is 0 Å². The number of nitrogens with zero attached hydrogens (tertiary/aromatic N) is 2. The zero-order chi connectivity index (χ0) is 36.8. The molecule has 0 radical (unpaired) electrons. The largest absolute Gasteiger partial charge is 0.497 e. The zero-order valence-electron chi connectivity index (χ0n) is 31.5. The van der Waals surface area contributed by atoms with E-state index in [0.29, 0.717) is 36.1 Å². The van der Waals surface area contributed by atoms with Crippen LogP contribution < -0.4 is 9.47 Å². The van der Waals surface area contributed by atoms with Crippen molar-refractivity contribution < 1.29 is 19.1 Å². The topological polar surface area (TPSA) is 59.1 Å². The van der Waals surface area contributed by atoms with Crippen molar-refractivity contribution in [3.63, 3.8) is 0 Å². The van der Waals surface area contributed by atoms with Gasteiger partial charge >= 0.3 is 0 Å². The first-order valence-electron chi connectivity index (χ1n) is 19.0. The van der Waals surface area contributed by atoms with Crippen molar-refractivity contribution in [3.8, 4) is 32.4 Å². The zero-order valence-corrected chi connectivity index (χ0v) is 33.1. The predicted molar refractivity (Wildman–Crippen MR) is 216 cm³/mol. The minimum atomic E-state index is -0.0498. The molecule has 274 valence electrons. The van der Waals surface area contributed by atoms with E-state index < -0.39 is 0 Å². The normalized spacial score (nSPS) is 15.6. The average molecular weight is 737 g/mol. The number of hydrogen-bond acceptors (Lipinski definition) is 6. The highest BCUT2D eigenvalue weighted by Crippen LogP contribution is 2.50. The molecule has 0 saturated heterocycles. The summed E-state index contributed by atoms with van der Waals surface area (Å²) < 4.78 is 10.8. The second-order valence-corrected chi connectivity index (χ2v) is 16.1. The van der Waals surface area contributed by atoms with Crippen LogP contribution in [0.25, 0.3) is 32.3 Å². The third kappa shape index (κ3) is 7.65. The summed E-state index contributed by atoms with van der Waals surface area (Å²) in [5.41, 5.74) is 4.85. The minimum absolute atomic E-state index is 0.0498. The highest BCUT2D eigenvalue weighted by atomic mass is 32.1. The highest BCUT2D eigenvalue weighted by Gasteiger charge is 2.50. The minimum Gasteiger partial charge on any atom is -0.497 e. The van der Waals surface area contributed by atoms with Gasteiger partial charge in [0.1, 0.15) is 11.5 Å². The summed E-state index contributed by atoms with van der Waals surface area (Å²) >= 11 is 3.29. The Balaban J connectivity index is 1.50. The fraction of sp³-hybridized carbons (Fsp3) is 0.409. The molecule has 2 aliphatic rings. The number of methoxy groups -OCH3 is 2. The summed E-state index contributed by atoms with van der Waals surface area (Å²) in [6.45, 7) is 10.1. The van der Waals surface area contributed by atoms with Crippen molar-refractivity contribution in [2.45, 2.75) is 79.1 Å². The molecule has 8 heteroatoms. The van der Waals surface area contributed by atoms with Gasteiger partial charge in [0.15, 0.2) is 0 Å². The summed E-state index contributed by atoms with van der Waals surface area (Å²) in [7, 11) is 3.34.